The molecule has 5 nitrogen and oxygen atoms in total. The summed E-state index contributed by atoms with van der Waals surface area (Å²) in [6, 6.07) is 8.23. The molecule has 0 aliphatic carbocycles. The number of benzene rings is 1. The van der Waals surface area contributed by atoms with E-state index in [-0.39, 0.29) is 6.04 Å². The predicted molar refractivity (Wildman–Crippen MR) is 69.3 cm³/mol. The lowest BCUT2D eigenvalue weighted by Gasteiger charge is -2.17. The van der Waals surface area contributed by atoms with Crippen LogP contribution in [0, 0.1) is 0 Å². The molecule has 0 bridgehead atoms. The average molecular weight is 246 g/mol. The Hall–Kier alpha value is -1.88. The van der Waals surface area contributed by atoms with Crippen LogP contribution < -0.4 is 10.1 Å². The van der Waals surface area contributed by atoms with Crippen LogP contribution in [0.15, 0.2) is 30.5 Å². The summed E-state index contributed by atoms with van der Waals surface area (Å²) < 4.78 is 7.12. The first-order valence-electron chi connectivity index (χ1n) is 5.92. The van der Waals surface area contributed by atoms with Gasteiger partial charge in [0.1, 0.15) is 5.75 Å². The largest absolute Gasteiger partial charge is 0.496 e. The molecule has 2 aromatic rings. The van der Waals surface area contributed by atoms with E-state index in [2.05, 4.69) is 28.6 Å². The van der Waals surface area contributed by atoms with E-state index in [0.29, 0.717) is 0 Å². The molecule has 1 atom stereocenters. The van der Waals surface area contributed by atoms with Crippen molar-refractivity contribution in [1.82, 2.24) is 20.3 Å². The fourth-order valence-electron chi connectivity index (χ4n) is 1.86. The molecule has 96 valence electrons. The van der Waals surface area contributed by atoms with Crippen molar-refractivity contribution in [3.63, 3.8) is 0 Å². The second-order valence-electron chi connectivity index (χ2n) is 4.19. The van der Waals surface area contributed by atoms with Gasteiger partial charge in [0.25, 0.3) is 0 Å². The van der Waals surface area contributed by atoms with Gasteiger partial charge in [-0.2, -0.15) is 0 Å². The highest BCUT2D eigenvalue weighted by Crippen LogP contribution is 2.24. The molecule has 0 fully saturated rings. The monoisotopic (exact) mass is 246 g/mol. The highest BCUT2D eigenvalue weighted by atomic mass is 16.5. The number of nitrogens with zero attached hydrogens (tertiary/aromatic N) is 3. The van der Waals surface area contributed by atoms with Gasteiger partial charge in [-0.25, -0.2) is 0 Å². The van der Waals surface area contributed by atoms with E-state index < -0.39 is 0 Å². The zero-order valence-corrected chi connectivity index (χ0v) is 10.9. The smallest absolute Gasteiger partial charge is 0.123 e. The maximum atomic E-state index is 5.36. The summed E-state index contributed by atoms with van der Waals surface area (Å²) in [6.07, 6.45) is 1.77. The zero-order valence-electron chi connectivity index (χ0n) is 10.9. The number of aromatic nitrogens is 3. The number of aryl methyl sites for hydroxylation is 1. The third-order valence-corrected chi connectivity index (χ3v) is 3.00. The Morgan fingerprint density at radius 3 is 2.83 bits per heavy atom. The Balaban J connectivity index is 2.03. The molecular weight excluding hydrogens is 228 g/mol. The van der Waals surface area contributed by atoms with Crippen LogP contribution in [0.1, 0.15) is 24.2 Å². The van der Waals surface area contributed by atoms with Gasteiger partial charge in [0.05, 0.1) is 19.0 Å². The first-order chi connectivity index (χ1) is 8.72. The molecule has 0 radical (unpaired) electrons. The fraction of sp³-hybridized carbons (Fsp3) is 0.385. The molecule has 1 N–H and O–H groups in total. The minimum atomic E-state index is 0.205. The molecule has 2 rings (SSSR count). The van der Waals surface area contributed by atoms with Gasteiger partial charge >= 0.3 is 0 Å². The summed E-state index contributed by atoms with van der Waals surface area (Å²) in [4.78, 5) is 0. The van der Waals surface area contributed by atoms with E-state index in [9.17, 15) is 0 Å². The first-order valence-corrected chi connectivity index (χ1v) is 5.92. The highest BCUT2D eigenvalue weighted by Gasteiger charge is 2.10. The van der Waals surface area contributed by atoms with E-state index in [1.54, 1.807) is 18.0 Å². The third kappa shape index (κ3) is 2.68. The van der Waals surface area contributed by atoms with Gasteiger partial charge in [0, 0.05) is 25.2 Å². The Bertz CT molecular complexity index is 509. The molecule has 0 spiro atoms. The molecule has 0 saturated carbocycles. The maximum Gasteiger partial charge on any atom is 0.123 e. The number of hydrogen-bond acceptors (Lipinski definition) is 4. The van der Waals surface area contributed by atoms with E-state index >= 15 is 0 Å². The summed E-state index contributed by atoms with van der Waals surface area (Å²) in [6.45, 7) is 2.84. The van der Waals surface area contributed by atoms with Gasteiger partial charge < -0.3 is 10.1 Å². The van der Waals surface area contributed by atoms with Crippen LogP contribution in [0.5, 0.6) is 5.75 Å². The van der Waals surface area contributed by atoms with Crippen LogP contribution >= 0.6 is 0 Å². The second-order valence-corrected chi connectivity index (χ2v) is 4.19. The molecule has 1 aromatic heterocycles. The van der Waals surface area contributed by atoms with E-state index in [0.717, 1.165) is 23.6 Å². The van der Waals surface area contributed by atoms with Gasteiger partial charge in [-0.15, -0.1) is 5.10 Å². The number of ether oxygens (including phenoxy) is 1. The predicted octanol–water partition coefficient (Wildman–Crippen LogP) is 1.67. The Morgan fingerprint density at radius 1 is 1.39 bits per heavy atom. The van der Waals surface area contributed by atoms with Gasteiger partial charge in [0.15, 0.2) is 0 Å². The number of para-hydroxylation sites is 1. The van der Waals surface area contributed by atoms with Gasteiger partial charge in [-0.1, -0.05) is 23.4 Å². The van der Waals surface area contributed by atoms with Crippen molar-refractivity contribution in [3.8, 4) is 5.75 Å². The van der Waals surface area contributed by atoms with Crippen LogP contribution in [0.3, 0.4) is 0 Å². The minimum Gasteiger partial charge on any atom is -0.496 e. The number of hydrogen-bond donors (Lipinski definition) is 1. The first kappa shape index (κ1) is 12.6. The van der Waals surface area contributed by atoms with Crippen molar-refractivity contribution >= 4 is 0 Å². The summed E-state index contributed by atoms with van der Waals surface area (Å²) in [5, 5.41) is 11.2. The van der Waals surface area contributed by atoms with Gasteiger partial charge in [-0.05, 0) is 13.0 Å². The molecule has 18 heavy (non-hydrogen) atoms. The number of methoxy groups -OCH3 is 1. The van der Waals surface area contributed by atoms with E-state index in [1.807, 2.05) is 25.2 Å². The molecule has 0 saturated heterocycles. The third-order valence-electron chi connectivity index (χ3n) is 3.00. The Kier molecular flexibility index (Phi) is 3.94. The van der Waals surface area contributed by atoms with Crippen molar-refractivity contribution in [1.29, 1.82) is 0 Å². The lowest BCUT2D eigenvalue weighted by Crippen LogP contribution is -2.20. The zero-order chi connectivity index (χ0) is 13.0. The summed E-state index contributed by atoms with van der Waals surface area (Å²) in [7, 11) is 3.58. The quantitative estimate of drug-likeness (QED) is 0.872. The Labute approximate surface area is 107 Å². The lowest BCUT2D eigenvalue weighted by atomic mass is 10.1. The summed E-state index contributed by atoms with van der Waals surface area (Å²) >= 11 is 0. The molecule has 0 amide bonds. The topological polar surface area (TPSA) is 52.0 Å². The lowest BCUT2D eigenvalue weighted by molar-refractivity contribution is 0.401. The number of rotatable bonds is 5. The standard InChI is InChI=1S/C13H18N4O/c1-10(12-6-4-5-7-13(12)18-3)14-8-11-9-15-16-17(11)2/h4-7,9-10,14H,8H2,1-3H3. The fourth-order valence-corrected chi connectivity index (χ4v) is 1.86. The average Bonchev–Trinajstić information content (AvgIpc) is 2.81. The van der Waals surface area contributed by atoms with Crippen molar-refractivity contribution in [2.75, 3.05) is 7.11 Å². The van der Waals surface area contributed by atoms with Crippen molar-refractivity contribution in [2.45, 2.75) is 19.5 Å². The maximum absolute atomic E-state index is 5.36. The van der Waals surface area contributed by atoms with Crippen LogP contribution in [-0.4, -0.2) is 22.1 Å². The molecule has 5 heteroatoms. The van der Waals surface area contributed by atoms with Crippen molar-refractivity contribution in [2.24, 2.45) is 7.05 Å². The van der Waals surface area contributed by atoms with Crippen LogP contribution in [0.25, 0.3) is 0 Å². The second kappa shape index (κ2) is 5.64. The SMILES string of the molecule is COc1ccccc1C(C)NCc1cnnn1C. The molecular formula is C13H18N4O. The molecule has 0 aliphatic rings. The highest BCUT2D eigenvalue weighted by molar-refractivity contribution is 5.35. The van der Waals surface area contributed by atoms with Gasteiger partial charge in [0.2, 0.25) is 0 Å². The molecule has 1 unspecified atom stereocenters. The Morgan fingerprint density at radius 2 is 2.17 bits per heavy atom. The molecule has 0 aliphatic heterocycles. The van der Waals surface area contributed by atoms with Crippen LogP contribution in [-0.2, 0) is 13.6 Å². The van der Waals surface area contributed by atoms with Gasteiger partial charge in [-0.3, -0.25) is 4.68 Å². The van der Waals surface area contributed by atoms with E-state index in [1.165, 1.54) is 0 Å². The molecule has 1 heterocycles. The van der Waals surface area contributed by atoms with Crippen LogP contribution in [0.4, 0.5) is 0 Å². The van der Waals surface area contributed by atoms with Crippen molar-refractivity contribution in [3.05, 3.63) is 41.7 Å². The van der Waals surface area contributed by atoms with E-state index in [4.69, 9.17) is 4.74 Å². The summed E-state index contributed by atoms with van der Waals surface area (Å²) in [5.41, 5.74) is 2.20. The molecule has 1 aromatic carbocycles. The minimum absolute atomic E-state index is 0.205. The van der Waals surface area contributed by atoms with Crippen molar-refractivity contribution < 1.29 is 4.74 Å². The normalized spacial score (nSPS) is 12.4. The summed E-state index contributed by atoms with van der Waals surface area (Å²) in [5.74, 6) is 0.903. The number of nitrogens with one attached hydrogen (secondary N) is 1. The van der Waals surface area contributed by atoms with Crippen LogP contribution in [0.2, 0.25) is 0 Å².